The molecular formula is C15H21ClF2N2O. The van der Waals surface area contributed by atoms with E-state index in [9.17, 15) is 8.78 Å². The van der Waals surface area contributed by atoms with Gasteiger partial charge in [0.25, 0.3) is 0 Å². The highest BCUT2D eigenvalue weighted by Crippen LogP contribution is 2.26. The highest BCUT2D eigenvalue weighted by Gasteiger charge is 2.32. The summed E-state index contributed by atoms with van der Waals surface area (Å²) < 4.78 is 28.5. The molecule has 1 aromatic carbocycles. The molecule has 0 bridgehead atoms. The number of nitrogens with one attached hydrogen (secondary N) is 1. The van der Waals surface area contributed by atoms with E-state index in [4.69, 9.17) is 0 Å². The van der Waals surface area contributed by atoms with Crippen molar-refractivity contribution in [1.29, 1.82) is 0 Å². The van der Waals surface area contributed by atoms with Crippen LogP contribution in [0.25, 0.3) is 0 Å². The maximum absolute atomic E-state index is 12.1. The zero-order chi connectivity index (χ0) is 13.9. The predicted octanol–water partition coefficient (Wildman–Crippen LogP) is 2.89. The second-order valence-corrected chi connectivity index (χ2v) is 5.66. The van der Waals surface area contributed by atoms with Crippen molar-refractivity contribution in [1.82, 2.24) is 10.2 Å². The van der Waals surface area contributed by atoms with E-state index in [1.54, 1.807) is 12.1 Å². The monoisotopic (exact) mass is 318 g/mol. The Bertz CT molecular complexity index is 444. The zero-order valence-corrected chi connectivity index (χ0v) is 12.6. The molecule has 2 fully saturated rings. The van der Waals surface area contributed by atoms with Gasteiger partial charge in [-0.05, 0) is 49.5 Å². The molecule has 2 heterocycles. The Balaban J connectivity index is 0.00000161. The molecule has 3 rings (SSSR count). The molecule has 1 aromatic rings. The lowest BCUT2D eigenvalue weighted by Gasteiger charge is -2.34. The first-order valence-electron chi connectivity index (χ1n) is 7.20. The summed E-state index contributed by atoms with van der Waals surface area (Å²) in [7, 11) is 0. The predicted molar refractivity (Wildman–Crippen MR) is 80.1 cm³/mol. The molecule has 2 atom stereocenters. The van der Waals surface area contributed by atoms with Crippen LogP contribution >= 0.6 is 12.4 Å². The first kappa shape index (κ1) is 16.5. The van der Waals surface area contributed by atoms with Crippen LogP contribution in [0.2, 0.25) is 0 Å². The second-order valence-electron chi connectivity index (χ2n) is 5.66. The Morgan fingerprint density at radius 1 is 1.24 bits per heavy atom. The number of hydrogen-bond acceptors (Lipinski definition) is 3. The number of rotatable bonds is 4. The van der Waals surface area contributed by atoms with Crippen LogP contribution in [-0.2, 0) is 6.54 Å². The highest BCUT2D eigenvalue weighted by molar-refractivity contribution is 5.85. The van der Waals surface area contributed by atoms with Crippen LogP contribution in [0.4, 0.5) is 8.78 Å². The number of fused-ring (bicyclic) bond motifs is 1. The molecule has 0 spiro atoms. The fourth-order valence-electron chi connectivity index (χ4n) is 3.30. The molecule has 2 unspecified atom stereocenters. The smallest absolute Gasteiger partial charge is 0.387 e. The zero-order valence-electron chi connectivity index (χ0n) is 11.8. The molecule has 0 saturated carbocycles. The summed E-state index contributed by atoms with van der Waals surface area (Å²) in [6.45, 7) is 1.51. The Hall–Kier alpha value is -0.910. The van der Waals surface area contributed by atoms with E-state index in [0.29, 0.717) is 6.04 Å². The first-order chi connectivity index (χ1) is 9.70. The second kappa shape index (κ2) is 7.38. The number of likely N-dealkylation sites (tertiary alicyclic amines) is 1. The van der Waals surface area contributed by atoms with Crippen molar-refractivity contribution in [2.45, 2.75) is 32.0 Å². The number of alkyl halides is 2. The fourth-order valence-corrected chi connectivity index (χ4v) is 3.30. The van der Waals surface area contributed by atoms with Crippen LogP contribution in [-0.4, -0.2) is 37.2 Å². The Morgan fingerprint density at radius 2 is 2.00 bits per heavy atom. The molecule has 6 heteroatoms. The lowest BCUT2D eigenvalue weighted by atomic mass is 9.93. The minimum absolute atomic E-state index is 0. The number of nitrogens with zero attached hydrogens (tertiary/aromatic N) is 1. The number of ether oxygens (including phenoxy) is 1. The molecule has 2 aliphatic rings. The third-order valence-electron chi connectivity index (χ3n) is 4.29. The van der Waals surface area contributed by atoms with Crippen molar-refractivity contribution in [3.05, 3.63) is 29.8 Å². The van der Waals surface area contributed by atoms with Crippen molar-refractivity contribution in [3.8, 4) is 5.75 Å². The molecule has 0 amide bonds. The van der Waals surface area contributed by atoms with Crippen molar-refractivity contribution in [2.24, 2.45) is 5.92 Å². The van der Waals surface area contributed by atoms with Gasteiger partial charge >= 0.3 is 6.61 Å². The number of piperidine rings is 1. The van der Waals surface area contributed by atoms with Gasteiger partial charge < -0.3 is 10.1 Å². The maximum atomic E-state index is 12.1. The molecule has 0 aliphatic carbocycles. The molecule has 1 N–H and O–H groups in total. The summed E-state index contributed by atoms with van der Waals surface area (Å²) in [5, 5.41) is 3.55. The van der Waals surface area contributed by atoms with E-state index in [1.165, 1.54) is 12.8 Å². The van der Waals surface area contributed by atoms with Gasteiger partial charge in [0.15, 0.2) is 0 Å². The first-order valence-corrected chi connectivity index (χ1v) is 7.20. The average Bonchev–Trinajstić information content (AvgIpc) is 2.88. The third-order valence-corrected chi connectivity index (χ3v) is 4.29. The molecule has 0 radical (unpaired) electrons. The van der Waals surface area contributed by atoms with Gasteiger partial charge in [0.05, 0.1) is 0 Å². The Morgan fingerprint density at radius 3 is 2.71 bits per heavy atom. The van der Waals surface area contributed by atoms with E-state index in [0.717, 1.165) is 37.7 Å². The van der Waals surface area contributed by atoms with Gasteiger partial charge in [0.2, 0.25) is 0 Å². The van der Waals surface area contributed by atoms with Gasteiger partial charge in [0, 0.05) is 19.1 Å². The number of halogens is 3. The quantitative estimate of drug-likeness (QED) is 0.924. The molecule has 2 aliphatic heterocycles. The van der Waals surface area contributed by atoms with E-state index in [2.05, 4.69) is 15.0 Å². The summed E-state index contributed by atoms with van der Waals surface area (Å²) >= 11 is 0. The summed E-state index contributed by atoms with van der Waals surface area (Å²) in [5.74, 6) is 0.993. The lowest BCUT2D eigenvalue weighted by molar-refractivity contribution is -0.0498. The highest BCUT2D eigenvalue weighted by atomic mass is 35.5. The molecule has 21 heavy (non-hydrogen) atoms. The molecule has 3 nitrogen and oxygen atoms in total. The summed E-state index contributed by atoms with van der Waals surface area (Å²) in [6.07, 6.45) is 2.47. The van der Waals surface area contributed by atoms with E-state index in [-0.39, 0.29) is 18.2 Å². The fraction of sp³-hybridized carbons (Fsp3) is 0.600. The van der Waals surface area contributed by atoms with Gasteiger partial charge in [-0.1, -0.05) is 12.1 Å². The van der Waals surface area contributed by atoms with Gasteiger partial charge in [-0.25, -0.2) is 0 Å². The maximum Gasteiger partial charge on any atom is 0.387 e. The van der Waals surface area contributed by atoms with E-state index >= 15 is 0 Å². The summed E-state index contributed by atoms with van der Waals surface area (Å²) in [5.41, 5.74) is 1.15. The van der Waals surface area contributed by atoms with E-state index < -0.39 is 6.61 Å². The molecule has 118 valence electrons. The standard InChI is InChI=1S/C15H20F2N2O.ClH/c16-15(17)20-13-3-1-11(2-4-13)9-19-8-6-14-12(10-19)5-7-18-14;/h1-4,12,14-15,18H,5-10H2;1H. The minimum Gasteiger partial charge on any atom is -0.435 e. The normalized spacial score (nSPS) is 25.5. The van der Waals surface area contributed by atoms with Crippen LogP contribution in [0.3, 0.4) is 0 Å². The lowest BCUT2D eigenvalue weighted by Crippen LogP contribution is -2.43. The molecule has 2 saturated heterocycles. The summed E-state index contributed by atoms with van der Waals surface area (Å²) in [6, 6.07) is 7.68. The molecule has 0 aromatic heterocycles. The Labute approximate surface area is 130 Å². The SMILES string of the molecule is Cl.FC(F)Oc1ccc(CN2CCC3NCCC3C2)cc1. The van der Waals surface area contributed by atoms with E-state index in [1.807, 2.05) is 12.1 Å². The Kier molecular flexibility index (Phi) is 5.79. The summed E-state index contributed by atoms with van der Waals surface area (Å²) in [4.78, 5) is 2.46. The van der Waals surface area contributed by atoms with Crippen LogP contribution in [0, 0.1) is 5.92 Å². The topological polar surface area (TPSA) is 24.5 Å². The van der Waals surface area contributed by atoms with Crippen molar-refractivity contribution in [2.75, 3.05) is 19.6 Å². The van der Waals surface area contributed by atoms with Crippen LogP contribution < -0.4 is 10.1 Å². The van der Waals surface area contributed by atoms with Crippen molar-refractivity contribution >= 4 is 12.4 Å². The van der Waals surface area contributed by atoms with Gasteiger partial charge in [-0.3, -0.25) is 4.90 Å². The molecular weight excluding hydrogens is 298 g/mol. The number of benzene rings is 1. The third kappa shape index (κ3) is 4.28. The van der Waals surface area contributed by atoms with Crippen LogP contribution in [0.1, 0.15) is 18.4 Å². The van der Waals surface area contributed by atoms with Gasteiger partial charge in [0.1, 0.15) is 5.75 Å². The van der Waals surface area contributed by atoms with Crippen LogP contribution in [0.15, 0.2) is 24.3 Å². The van der Waals surface area contributed by atoms with Crippen LogP contribution in [0.5, 0.6) is 5.75 Å². The number of hydrogen-bond donors (Lipinski definition) is 1. The largest absolute Gasteiger partial charge is 0.435 e. The van der Waals surface area contributed by atoms with Gasteiger partial charge in [-0.2, -0.15) is 8.78 Å². The van der Waals surface area contributed by atoms with Crippen molar-refractivity contribution in [3.63, 3.8) is 0 Å². The van der Waals surface area contributed by atoms with Gasteiger partial charge in [-0.15, -0.1) is 12.4 Å². The average molecular weight is 319 g/mol. The minimum atomic E-state index is -2.75. The van der Waals surface area contributed by atoms with Crippen molar-refractivity contribution < 1.29 is 13.5 Å².